The molecule has 0 atom stereocenters. The molecule has 1 aromatic heterocycles. The minimum Gasteiger partial charge on any atom is -0.435 e. The average Bonchev–Trinajstić information content (AvgIpc) is 3.03. The van der Waals surface area contributed by atoms with Crippen molar-refractivity contribution in [1.82, 2.24) is 4.90 Å². The first-order valence-corrected chi connectivity index (χ1v) is 7.70. The highest BCUT2D eigenvalue weighted by Crippen LogP contribution is 2.19. The number of furan rings is 1. The van der Waals surface area contributed by atoms with E-state index in [-0.39, 0.29) is 29.3 Å². The second-order valence-corrected chi connectivity index (χ2v) is 5.60. The zero-order valence-corrected chi connectivity index (χ0v) is 13.3. The first kappa shape index (κ1) is 16.0. The summed E-state index contributed by atoms with van der Waals surface area (Å²) in [5.74, 6) is -0.258. The Morgan fingerprint density at radius 2 is 1.71 bits per heavy atom. The Kier molecular flexibility index (Phi) is 4.50. The Morgan fingerprint density at radius 3 is 2.33 bits per heavy atom. The highest BCUT2D eigenvalue weighted by atomic mass is 19.1. The van der Waals surface area contributed by atoms with Gasteiger partial charge in [0.05, 0.1) is 0 Å². The van der Waals surface area contributed by atoms with E-state index in [0.29, 0.717) is 26.2 Å². The molecule has 1 aromatic carbocycles. The summed E-state index contributed by atoms with van der Waals surface area (Å²) in [6, 6.07) is 9.44. The normalized spacial score (nSPS) is 14.6. The number of rotatable bonds is 3. The fourth-order valence-corrected chi connectivity index (χ4v) is 2.67. The maximum atomic E-state index is 13.0. The number of carbonyl (C=O) groups excluding carboxylic acids is 2. The zero-order valence-electron chi connectivity index (χ0n) is 13.3. The molecule has 126 valence electrons. The van der Waals surface area contributed by atoms with Gasteiger partial charge in [-0.25, -0.2) is 4.39 Å². The Labute approximate surface area is 138 Å². The molecular weight excluding hydrogens is 313 g/mol. The number of halogens is 1. The lowest BCUT2D eigenvalue weighted by Gasteiger charge is -2.35. The maximum Gasteiger partial charge on any atom is 0.289 e. The predicted molar refractivity (Wildman–Crippen MR) is 87.5 cm³/mol. The van der Waals surface area contributed by atoms with Crippen LogP contribution in [0.15, 0.2) is 40.8 Å². The summed E-state index contributed by atoms with van der Waals surface area (Å²) in [6.07, 6.45) is 0. The molecule has 1 fully saturated rings. The summed E-state index contributed by atoms with van der Waals surface area (Å²) in [6.45, 7) is 3.80. The van der Waals surface area contributed by atoms with Crippen LogP contribution in [0.4, 0.5) is 16.0 Å². The molecule has 2 amide bonds. The zero-order chi connectivity index (χ0) is 17.1. The summed E-state index contributed by atoms with van der Waals surface area (Å²) in [5.41, 5.74) is 0.939. The Morgan fingerprint density at radius 1 is 1.04 bits per heavy atom. The van der Waals surface area contributed by atoms with Gasteiger partial charge in [-0.3, -0.25) is 14.9 Å². The van der Waals surface area contributed by atoms with E-state index in [1.165, 1.54) is 19.1 Å². The molecule has 0 saturated carbocycles. The lowest BCUT2D eigenvalue weighted by Crippen LogP contribution is -2.48. The molecule has 0 bridgehead atoms. The second-order valence-electron chi connectivity index (χ2n) is 5.60. The van der Waals surface area contributed by atoms with Crippen molar-refractivity contribution in [2.75, 3.05) is 36.4 Å². The van der Waals surface area contributed by atoms with Crippen molar-refractivity contribution in [3.63, 3.8) is 0 Å². The largest absolute Gasteiger partial charge is 0.435 e. The van der Waals surface area contributed by atoms with Crippen LogP contribution in [0.1, 0.15) is 17.5 Å². The Hall–Kier alpha value is -2.83. The van der Waals surface area contributed by atoms with Crippen molar-refractivity contribution in [3.8, 4) is 0 Å². The van der Waals surface area contributed by atoms with E-state index in [4.69, 9.17) is 4.42 Å². The van der Waals surface area contributed by atoms with Crippen molar-refractivity contribution in [2.45, 2.75) is 6.92 Å². The van der Waals surface area contributed by atoms with Crippen molar-refractivity contribution in [2.24, 2.45) is 0 Å². The SMILES string of the molecule is CC(=O)Nc1ccc(C(=O)N2CCN(c3ccc(F)cc3)CC2)o1. The average molecular weight is 331 g/mol. The number of nitrogens with one attached hydrogen (secondary N) is 1. The summed E-state index contributed by atoms with van der Waals surface area (Å²) >= 11 is 0. The minimum absolute atomic E-state index is 0.203. The number of hydrogen-bond donors (Lipinski definition) is 1. The molecule has 1 N–H and O–H groups in total. The molecule has 1 aliphatic heterocycles. The summed E-state index contributed by atoms with van der Waals surface area (Å²) < 4.78 is 18.3. The maximum absolute atomic E-state index is 13.0. The Bertz CT molecular complexity index is 734. The molecular formula is C17H18FN3O3. The predicted octanol–water partition coefficient (Wildman–Crippen LogP) is 2.34. The lowest BCUT2D eigenvalue weighted by molar-refractivity contribution is -0.114. The van der Waals surface area contributed by atoms with Crippen molar-refractivity contribution in [1.29, 1.82) is 0 Å². The standard InChI is InChI=1S/C17H18FN3O3/c1-12(22)19-16-7-6-15(24-16)17(23)21-10-8-20(9-11-21)14-4-2-13(18)3-5-14/h2-7H,8-11H2,1H3,(H,19,22). The summed E-state index contributed by atoms with van der Waals surface area (Å²) in [5, 5.41) is 2.50. The van der Waals surface area contributed by atoms with Gasteiger partial charge in [-0.1, -0.05) is 0 Å². The van der Waals surface area contributed by atoms with Crippen LogP contribution in [0.25, 0.3) is 0 Å². The minimum atomic E-state index is -0.264. The highest BCUT2D eigenvalue weighted by Gasteiger charge is 2.24. The van der Waals surface area contributed by atoms with Gasteiger partial charge in [-0.15, -0.1) is 0 Å². The molecule has 6 nitrogen and oxygen atoms in total. The third kappa shape index (κ3) is 3.56. The fourth-order valence-electron chi connectivity index (χ4n) is 2.67. The van der Waals surface area contributed by atoms with Crippen molar-refractivity contribution in [3.05, 3.63) is 48.0 Å². The highest BCUT2D eigenvalue weighted by molar-refractivity contribution is 5.93. The second kappa shape index (κ2) is 6.74. The number of amides is 2. The van der Waals surface area contributed by atoms with Gasteiger partial charge in [0.2, 0.25) is 5.91 Å². The van der Waals surface area contributed by atoms with Gasteiger partial charge in [0.25, 0.3) is 5.91 Å². The van der Waals surface area contributed by atoms with E-state index in [2.05, 4.69) is 10.2 Å². The summed E-state index contributed by atoms with van der Waals surface area (Å²) in [7, 11) is 0. The van der Waals surface area contributed by atoms with Gasteiger partial charge >= 0.3 is 0 Å². The third-order valence-corrected chi connectivity index (χ3v) is 3.87. The monoisotopic (exact) mass is 331 g/mol. The summed E-state index contributed by atoms with van der Waals surface area (Å²) in [4.78, 5) is 27.2. The molecule has 3 rings (SSSR count). The number of nitrogens with zero attached hydrogens (tertiary/aromatic N) is 2. The van der Waals surface area contributed by atoms with Gasteiger partial charge in [-0.2, -0.15) is 0 Å². The molecule has 7 heteroatoms. The van der Waals surface area contributed by atoms with Gasteiger partial charge < -0.3 is 14.2 Å². The fraction of sp³-hybridized carbons (Fsp3) is 0.294. The molecule has 0 spiro atoms. The van der Waals surface area contributed by atoms with Crippen LogP contribution in [-0.2, 0) is 4.79 Å². The lowest BCUT2D eigenvalue weighted by atomic mass is 10.2. The smallest absolute Gasteiger partial charge is 0.289 e. The molecule has 1 saturated heterocycles. The Balaban J connectivity index is 1.59. The van der Waals surface area contributed by atoms with Crippen molar-refractivity contribution < 1.29 is 18.4 Å². The molecule has 2 aromatic rings. The van der Waals surface area contributed by atoms with Gasteiger partial charge in [-0.05, 0) is 30.3 Å². The molecule has 0 radical (unpaired) electrons. The molecule has 2 heterocycles. The van der Waals surface area contributed by atoms with E-state index < -0.39 is 0 Å². The van der Waals surface area contributed by atoms with E-state index in [9.17, 15) is 14.0 Å². The molecule has 24 heavy (non-hydrogen) atoms. The van der Waals surface area contributed by atoms with Crippen LogP contribution in [-0.4, -0.2) is 42.9 Å². The van der Waals surface area contributed by atoms with Gasteiger partial charge in [0.15, 0.2) is 11.6 Å². The van der Waals surface area contributed by atoms with Crippen LogP contribution < -0.4 is 10.2 Å². The topological polar surface area (TPSA) is 65.8 Å². The number of hydrogen-bond acceptors (Lipinski definition) is 4. The van der Waals surface area contributed by atoms with Crippen molar-refractivity contribution >= 4 is 23.4 Å². The van der Waals surface area contributed by atoms with Gasteiger partial charge in [0, 0.05) is 44.9 Å². The quantitative estimate of drug-likeness (QED) is 0.937. The first-order valence-electron chi connectivity index (χ1n) is 7.70. The van der Waals surface area contributed by atoms with E-state index in [1.807, 2.05) is 0 Å². The first-order chi connectivity index (χ1) is 11.5. The van der Waals surface area contributed by atoms with E-state index in [0.717, 1.165) is 5.69 Å². The van der Waals surface area contributed by atoms with Crippen LogP contribution in [0.2, 0.25) is 0 Å². The van der Waals surface area contributed by atoms with Crippen LogP contribution in [0.3, 0.4) is 0 Å². The van der Waals surface area contributed by atoms with E-state index >= 15 is 0 Å². The number of piperazine rings is 1. The molecule has 0 unspecified atom stereocenters. The van der Waals surface area contributed by atoms with E-state index in [1.54, 1.807) is 29.2 Å². The number of anilines is 2. The number of benzene rings is 1. The molecule has 1 aliphatic rings. The third-order valence-electron chi connectivity index (χ3n) is 3.87. The van der Waals surface area contributed by atoms with Crippen LogP contribution in [0, 0.1) is 5.82 Å². The molecule has 0 aliphatic carbocycles. The van der Waals surface area contributed by atoms with Crippen LogP contribution in [0.5, 0.6) is 0 Å². The van der Waals surface area contributed by atoms with Crippen LogP contribution >= 0.6 is 0 Å². The van der Waals surface area contributed by atoms with Gasteiger partial charge in [0.1, 0.15) is 5.82 Å². The number of carbonyl (C=O) groups is 2.